The Kier molecular flexibility index (Phi) is 3.10. The number of rotatable bonds is 3. The van der Waals surface area contributed by atoms with Gasteiger partial charge in [0, 0.05) is 22.7 Å². The van der Waals surface area contributed by atoms with Crippen LogP contribution in [0.3, 0.4) is 0 Å². The summed E-state index contributed by atoms with van der Waals surface area (Å²) in [4.78, 5) is 14.7. The molecule has 4 heteroatoms. The first-order chi connectivity index (χ1) is 8.27. The third-order valence-corrected chi connectivity index (χ3v) is 2.58. The first-order valence-electron chi connectivity index (χ1n) is 5.40. The van der Waals surface area contributed by atoms with Crippen LogP contribution in [0.5, 0.6) is 0 Å². The van der Waals surface area contributed by atoms with Crippen LogP contribution in [0.15, 0.2) is 30.5 Å². The van der Waals surface area contributed by atoms with E-state index in [0.717, 1.165) is 10.9 Å². The van der Waals surface area contributed by atoms with Crippen molar-refractivity contribution in [2.24, 2.45) is 0 Å². The van der Waals surface area contributed by atoms with Crippen molar-refractivity contribution in [3.8, 4) is 6.07 Å². The second kappa shape index (κ2) is 4.71. The van der Waals surface area contributed by atoms with Crippen molar-refractivity contribution >= 4 is 16.9 Å². The molecule has 0 saturated carbocycles. The highest BCUT2D eigenvalue weighted by atomic mass is 16.5. The fourth-order valence-corrected chi connectivity index (χ4v) is 1.81. The van der Waals surface area contributed by atoms with E-state index in [1.165, 1.54) is 0 Å². The maximum Gasteiger partial charge on any atom is 0.327 e. The van der Waals surface area contributed by atoms with Crippen LogP contribution in [-0.4, -0.2) is 17.6 Å². The summed E-state index contributed by atoms with van der Waals surface area (Å²) >= 11 is 0. The lowest BCUT2D eigenvalue weighted by atomic mass is 10.0. The van der Waals surface area contributed by atoms with Crippen LogP contribution in [0.2, 0.25) is 0 Å². The van der Waals surface area contributed by atoms with Crippen LogP contribution < -0.4 is 0 Å². The quantitative estimate of drug-likeness (QED) is 0.820. The molecule has 0 amide bonds. The summed E-state index contributed by atoms with van der Waals surface area (Å²) < 4.78 is 4.89. The zero-order chi connectivity index (χ0) is 12.3. The van der Waals surface area contributed by atoms with Gasteiger partial charge in [0.05, 0.1) is 12.7 Å². The molecule has 0 bridgehead atoms. The topological polar surface area (TPSA) is 65.9 Å². The summed E-state index contributed by atoms with van der Waals surface area (Å²) in [6.45, 7) is 2.00. The van der Waals surface area contributed by atoms with Gasteiger partial charge in [-0.2, -0.15) is 5.26 Å². The van der Waals surface area contributed by atoms with Gasteiger partial charge in [0.1, 0.15) is 0 Å². The number of H-pyrrole nitrogens is 1. The smallest absolute Gasteiger partial charge is 0.327 e. The standard InChI is InChI=1S/C13H12N2O2/c1-2-17-13(16)10(7-14)11-8-15-12-6-4-3-5-9(11)12/h3-6,8,10,15H,2H2,1H3. The van der Waals surface area contributed by atoms with Crippen LogP contribution in [0.1, 0.15) is 18.4 Å². The normalized spacial score (nSPS) is 12.0. The lowest BCUT2D eigenvalue weighted by molar-refractivity contribution is -0.143. The summed E-state index contributed by atoms with van der Waals surface area (Å²) in [5.41, 5.74) is 1.58. The number of ether oxygens (including phenoxy) is 1. The van der Waals surface area contributed by atoms with E-state index in [1.54, 1.807) is 13.1 Å². The van der Waals surface area contributed by atoms with E-state index in [1.807, 2.05) is 30.3 Å². The maximum atomic E-state index is 11.7. The molecule has 86 valence electrons. The van der Waals surface area contributed by atoms with Crippen LogP contribution in [0.25, 0.3) is 10.9 Å². The van der Waals surface area contributed by atoms with Gasteiger partial charge in [0.2, 0.25) is 0 Å². The Morgan fingerprint density at radius 3 is 3.00 bits per heavy atom. The molecule has 0 fully saturated rings. The molecule has 0 saturated heterocycles. The largest absolute Gasteiger partial charge is 0.465 e. The van der Waals surface area contributed by atoms with Gasteiger partial charge in [0.25, 0.3) is 0 Å². The molecule has 0 spiro atoms. The Morgan fingerprint density at radius 2 is 2.29 bits per heavy atom. The van der Waals surface area contributed by atoms with E-state index >= 15 is 0 Å². The summed E-state index contributed by atoms with van der Waals surface area (Å²) in [5.74, 6) is -1.37. The number of nitrogens with zero attached hydrogens (tertiary/aromatic N) is 1. The van der Waals surface area contributed by atoms with Crippen molar-refractivity contribution in [1.29, 1.82) is 5.26 Å². The van der Waals surface area contributed by atoms with Gasteiger partial charge < -0.3 is 9.72 Å². The highest BCUT2D eigenvalue weighted by Crippen LogP contribution is 2.26. The van der Waals surface area contributed by atoms with Crippen molar-refractivity contribution in [2.45, 2.75) is 12.8 Å². The van der Waals surface area contributed by atoms with E-state index in [2.05, 4.69) is 4.98 Å². The predicted octanol–water partition coefficient (Wildman–Crippen LogP) is 2.34. The molecule has 0 aliphatic carbocycles. The van der Waals surface area contributed by atoms with E-state index in [9.17, 15) is 4.79 Å². The number of nitriles is 1. The number of esters is 1. The Balaban J connectivity index is 2.44. The van der Waals surface area contributed by atoms with Gasteiger partial charge in [-0.25, -0.2) is 0 Å². The first-order valence-corrected chi connectivity index (χ1v) is 5.40. The summed E-state index contributed by atoms with van der Waals surface area (Å²) in [7, 11) is 0. The van der Waals surface area contributed by atoms with Gasteiger partial charge in [-0.3, -0.25) is 4.79 Å². The van der Waals surface area contributed by atoms with E-state index in [0.29, 0.717) is 5.56 Å². The van der Waals surface area contributed by atoms with Gasteiger partial charge in [-0.05, 0) is 13.0 Å². The van der Waals surface area contributed by atoms with E-state index < -0.39 is 11.9 Å². The molecular formula is C13H12N2O2. The fourth-order valence-electron chi connectivity index (χ4n) is 1.81. The number of fused-ring (bicyclic) bond motifs is 1. The number of aromatic amines is 1. The molecule has 2 aromatic rings. The average Bonchev–Trinajstić information content (AvgIpc) is 2.75. The number of carbonyl (C=O) groups is 1. The van der Waals surface area contributed by atoms with Crippen LogP contribution in [0.4, 0.5) is 0 Å². The lowest BCUT2D eigenvalue weighted by Crippen LogP contribution is -2.14. The predicted molar refractivity (Wildman–Crippen MR) is 63.3 cm³/mol. The highest BCUT2D eigenvalue weighted by molar-refractivity contribution is 5.91. The number of hydrogen-bond acceptors (Lipinski definition) is 3. The molecule has 1 heterocycles. The maximum absolute atomic E-state index is 11.7. The Labute approximate surface area is 98.8 Å². The SMILES string of the molecule is CCOC(=O)C(C#N)c1c[nH]c2ccccc12. The molecule has 0 aliphatic rings. The van der Waals surface area contributed by atoms with Crippen molar-refractivity contribution < 1.29 is 9.53 Å². The number of hydrogen-bond donors (Lipinski definition) is 1. The molecule has 1 aromatic heterocycles. The molecule has 2 rings (SSSR count). The van der Waals surface area contributed by atoms with E-state index in [4.69, 9.17) is 10.00 Å². The summed E-state index contributed by atoms with van der Waals surface area (Å²) in [6, 6.07) is 9.54. The van der Waals surface area contributed by atoms with E-state index in [-0.39, 0.29) is 6.61 Å². The van der Waals surface area contributed by atoms with Gasteiger partial charge in [0.15, 0.2) is 5.92 Å². The van der Waals surface area contributed by atoms with Crippen molar-refractivity contribution in [2.75, 3.05) is 6.61 Å². The number of benzene rings is 1. The second-order valence-electron chi connectivity index (χ2n) is 3.60. The molecule has 1 N–H and O–H groups in total. The number of para-hydroxylation sites is 1. The molecule has 0 aliphatic heterocycles. The molecule has 0 radical (unpaired) electrons. The van der Waals surface area contributed by atoms with Crippen molar-refractivity contribution in [3.05, 3.63) is 36.0 Å². The number of carbonyl (C=O) groups excluding carboxylic acids is 1. The van der Waals surface area contributed by atoms with Crippen LogP contribution >= 0.6 is 0 Å². The third kappa shape index (κ3) is 2.00. The zero-order valence-electron chi connectivity index (χ0n) is 9.43. The summed E-state index contributed by atoms with van der Waals surface area (Å²) in [5, 5.41) is 9.97. The molecule has 1 unspecified atom stereocenters. The van der Waals surface area contributed by atoms with Gasteiger partial charge in [-0.15, -0.1) is 0 Å². The Bertz CT molecular complexity index is 580. The number of nitrogens with one attached hydrogen (secondary N) is 1. The Morgan fingerprint density at radius 1 is 1.53 bits per heavy atom. The van der Waals surface area contributed by atoms with Crippen LogP contribution in [0, 0.1) is 11.3 Å². The second-order valence-corrected chi connectivity index (χ2v) is 3.60. The minimum Gasteiger partial charge on any atom is -0.465 e. The minimum absolute atomic E-state index is 0.277. The fraction of sp³-hybridized carbons (Fsp3) is 0.231. The Hall–Kier alpha value is -2.28. The van der Waals surface area contributed by atoms with Gasteiger partial charge in [-0.1, -0.05) is 18.2 Å². The molecule has 1 atom stereocenters. The van der Waals surface area contributed by atoms with Crippen molar-refractivity contribution in [3.63, 3.8) is 0 Å². The van der Waals surface area contributed by atoms with Gasteiger partial charge >= 0.3 is 5.97 Å². The molecular weight excluding hydrogens is 216 g/mol. The zero-order valence-corrected chi connectivity index (χ0v) is 9.43. The molecule has 1 aromatic carbocycles. The van der Waals surface area contributed by atoms with Crippen molar-refractivity contribution in [1.82, 2.24) is 4.98 Å². The lowest BCUT2D eigenvalue weighted by Gasteiger charge is -2.06. The molecule has 17 heavy (non-hydrogen) atoms. The summed E-state index contributed by atoms with van der Waals surface area (Å²) in [6.07, 6.45) is 1.69. The molecule has 4 nitrogen and oxygen atoms in total. The van der Waals surface area contributed by atoms with Crippen LogP contribution in [-0.2, 0) is 9.53 Å². The minimum atomic E-state index is -0.869. The average molecular weight is 228 g/mol. The first kappa shape index (κ1) is 11.2. The third-order valence-electron chi connectivity index (χ3n) is 2.58. The highest BCUT2D eigenvalue weighted by Gasteiger charge is 2.24. The monoisotopic (exact) mass is 228 g/mol. The number of aromatic nitrogens is 1.